The summed E-state index contributed by atoms with van der Waals surface area (Å²) in [6, 6.07) is 16.4. The van der Waals surface area contributed by atoms with Crippen molar-refractivity contribution in [3.8, 4) is 5.88 Å². The fraction of sp³-hybridized carbons (Fsp3) is 0.289. The Morgan fingerprint density at radius 1 is 0.657 bits per heavy atom. The fourth-order valence-electron chi connectivity index (χ4n) is 8.06. The number of benzene rings is 2. The molecule has 0 aliphatic heterocycles. The number of nitrogens with zero attached hydrogens (tertiary/aromatic N) is 9. The topological polar surface area (TPSA) is 174 Å². The second-order valence-electron chi connectivity index (χ2n) is 15.8. The van der Waals surface area contributed by atoms with Crippen LogP contribution in [0.5, 0.6) is 5.88 Å². The lowest BCUT2D eigenvalue weighted by Gasteiger charge is -2.30. The summed E-state index contributed by atoms with van der Waals surface area (Å²) >= 11 is 18.8. The van der Waals surface area contributed by atoms with Crippen LogP contribution in [0.25, 0.3) is 21.8 Å². The molecule has 3 N–H and O–H groups in total. The van der Waals surface area contributed by atoms with Crippen molar-refractivity contribution in [2.75, 3.05) is 7.11 Å². The molecule has 8 aromatic rings. The number of nitrogens with one attached hydrogen (secondary N) is 1. The Bertz CT molecular complexity index is 3180. The number of aromatic nitrogens is 10. The Morgan fingerprint density at radius 2 is 1.16 bits per heavy atom. The molecule has 0 spiro atoms. The van der Waals surface area contributed by atoms with Crippen molar-refractivity contribution in [3.05, 3.63) is 155 Å². The lowest BCUT2D eigenvalue weighted by molar-refractivity contribution is -0.128. The van der Waals surface area contributed by atoms with Crippen LogP contribution in [0.1, 0.15) is 73.2 Å². The van der Waals surface area contributed by atoms with E-state index in [4.69, 9.17) is 39.5 Å². The first-order chi connectivity index (χ1) is 31.4. The van der Waals surface area contributed by atoms with Crippen LogP contribution in [0, 0.1) is 34.6 Å². The number of fused-ring (bicyclic) bond motifs is 2. The lowest BCUT2D eigenvalue weighted by atomic mass is 9.81. The van der Waals surface area contributed by atoms with E-state index in [-0.39, 0.29) is 43.0 Å². The van der Waals surface area contributed by atoms with Gasteiger partial charge in [0.1, 0.15) is 5.15 Å². The lowest BCUT2D eigenvalue weighted by Crippen LogP contribution is -2.32. The zero-order valence-electron chi connectivity index (χ0n) is 36.5. The minimum Gasteiger partial charge on any atom is -0.481 e. The molecule has 6 heterocycles. The molecule has 0 aliphatic rings. The van der Waals surface area contributed by atoms with E-state index in [1.165, 1.54) is 30.1 Å². The number of ether oxygens (including phenoxy) is 1. The van der Waals surface area contributed by atoms with Crippen molar-refractivity contribution in [1.82, 2.24) is 50.3 Å². The number of H-pyrrole nitrogens is 1. The number of hydrogen-bond donors (Lipinski definition) is 3. The molecule has 8 rings (SSSR count). The summed E-state index contributed by atoms with van der Waals surface area (Å²) < 4.78 is 85.5. The number of pyridine rings is 4. The Labute approximate surface area is 393 Å². The van der Waals surface area contributed by atoms with Crippen molar-refractivity contribution in [2.24, 2.45) is 7.05 Å². The fourth-order valence-corrected chi connectivity index (χ4v) is 8.96. The number of rotatable bonds is 9. The predicted octanol–water partition coefficient (Wildman–Crippen LogP) is 9.80. The van der Waals surface area contributed by atoms with Gasteiger partial charge < -0.3 is 14.9 Å². The number of aryl methyl sites for hydroxylation is 6. The molecule has 2 atom stereocenters. The molecular weight excluding hydrogens is 949 g/mol. The van der Waals surface area contributed by atoms with Crippen molar-refractivity contribution in [1.29, 1.82) is 0 Å². The standard InChI is InChI=1S/C23H21ClF3N5O2.C22H18Cl2F3N5O/c1-12-5-7-17(13(2)29-12)23(33,19-11-28-31-32(19)3)14-6-8-18-15(9-14)20(24)16(10-22(25,26)27)21(30-18)34-4;1-10-4-6-16(11(2)28-10)22(33,19-12(3)30-32-31-19)13-5-7-17-14(8-13)18(23)15(20(24)29-17)9-21(25,26)27/h5-9,11,33H,10H2,1-4H3;4-8,33H,9H2,1-3H3,(H,30,31,32). The Balaban J connectivity index is 0.000000199. The van der Waals surface area contributed by atoms with Crippen LogP contribution in [0.15, 0.2) is 66.9 Å². The highest BCUT2D eigenvalue weighted by Gasteiger charge is 2.42. The van der Waals surface area contributed by atoms with Gasteiger partial charge in [0.2, 0.25) is 5.88 Å². The first kappa shape index (κ1) is 48.9. The van der Waals surface area contributed by atoms with Crippen LogP contribution < -0.4 is 4.74 Å². The summed E-state index contributed by atoms with van der Waals surface area (Å²) in [5, 5.41) is 42.4. The van der Waals surface area contributed by atoms with Gasteiger partial charge in [-0.15, -0.1) is 10.2 Å². The highest BCUT2D eigenvalue weighted by Crippen LogP contribution is 2.44. The SMILES string of the molecule is COc1nc2ccc(C(O)(c3ccc(C)nc3C)c3cnnn3C)cc2c(Cl)c1CC(F)(F)F.Cc1ccc(C(O)(c2ccc3nc(Cl)c(CC(F)(F)F)c(Cl)c3c2)c2[nH]nnc2C)c(C)n1. The Morgan fingerprint density at radius 3 is 1.64 bits per heavy atom. The van der Waals surface area contributed by atoms with E-state index in [1.807, 2.05) is 13.8 Å². The predicted molar refractivity (Wildman–Crippen MR) is 238 cm³/mol. The van der Waals surface area contributed by atoms with Crippen molar-refractivity contribution >= 4 is 56.6 Å². The maximum atomic E-state index is 13.2. The molecule has 0 aliphatic carbocycles. The van der Waals surface area contributed by atoms with E-state index in [0.29, 0.717) is 61.8 Å². The Kier molecular flexibility index (Phi) is 13.3. The van der Waals surface area contributed by atoms with Crippen LogP contribution in [0.2, 0.25) is 15.2 Å². The number of hydrogen-bond acceptors (Lipinski definition) is 11. The highest BCUT2D eigenvalue weighted by atomic mass is 35.5. The number of alkyl halides is 6. The highest BCUT2D eigenvalue weighted by molar-refractivity contribution is 6.39. The van der Waals surface area contributed by atoms with Crippen molar-refractivity contribution in [2.45, 2.75) is 71.0 Å². The third-order valence-electron chi connectivity index (χ3n) is 11.1. The molecule has 0 bridgehead atoms. The number of halogens is 9. The molecule has 0 fully saturated rings. The zero-order valence-corrected chi connectivity index (χ0v) is 38.8. The van der Waals surface area contributed by atoms with Gasteiger partial charge in [-0.1, -0.05) is 69.5 Å². The Hall–Kier alpha value is -5.99. The van der Waals surface area contributed by atoms with Gasteiger partial charge in [-0.05, 0) is 82.1 Å². The minimum atomic E-state index is -4.52. The molecular formula is C45H39Cl3F6N10O3. The van der Waals surface area contributed by atoms with Gasteiger partial charge in [-0.2, -0.15) is 26.3 Å². The molecule has 350 valence electrons. The maximum absolute atomic E-state index is 13.2. The van der Waals surface area contributed by atoms with Gasteiger partial charge in [0, 0.05) is 62.8 Å². The maximum Gasteiger partial charge on any atom is 0.393 e. The van der Waals surface area contributed by atoms with E-state index >= 15 is 0 Å². The van der Waals surface area contributed by atoms with Gasteiger partial charge in [0.25, 0.3) is 0 Å². The third-order valence-corrected chi connectivity index (χ3v) is 12.3. The normalized spacial score (nSPS) is 13.9. The average Bonchev–Trinajstić information content (AvgIpc) is 3.90. The first-order valence-electron chi connectivity index (χ1n) is 20.0. The van der Waals surface area contributed by atoms with Crippen molar-refractivity contribution < 1.29 is 41.3 Å². The number of aliphatic hydroxyl groups is 2. The first-order valence-corrected chi connectivity index (χ1v) is 21.2. The second kappa shape index (κ2) is 18.2. The molecule has 2 unspecified atom stereocenters. The number of methoxy groups -OCH3 is 1. The summed E-state index contributed by atoms with van der Waals surface area (Å²) in [4.78, 5) is 17.2. The zero-order chi connectivity index (χ0) is 49.0. The smallest absolute Gasteiger partial charge is 0.393 e. The monoisotopic (exact) mass is 986 g/mol. The molecule has 67 heavy (non-hydrogen) atoms. The summed E-state index contributed by atoms with van der Waals surface area (Å²) in [6.45, 7) is 8.85. The van der Waals surface area contributed by atoms with Crippen LogP contribution >= 0.6 is 34.8 Å². The minimum absolute atomic E-state index is 0.148. The van der Waals surface area contributed by atoms with E-state index in [9.17, 15) is 36.6 Å². The van der Waals surface area contributed by atoms with Crippen LogP contribution in [-0.2, 0) is 31.1 Å². The van der Waals surface area contributed by atoms with E-state index in [0.717, 1.165) is 11.4 Å². The second-order valence-corrected chi connectivity index (χ2v) is 16.9. The van der Waals surface area contributed by atoms with Gasteiger partial charge in [0.15, 0.2) is 11.2 Å². The molecule has 6 aromatic heterocycles. The van der Waals surface area contributed by atoms with Crippen LogP contribution in [0.3, 0.4) is 0 Å². The van der Waals surface area contributed by atoms with E-state index in [1.54, 1.807) is 76.3 Å². The summed E-state index contributed by atoms with van der Waals surface area (Å²) in [7, 11) is 2.87. The largest absolute Gasteiger partial charge is 0.481 e. The molecule has 13 nitrogen and oxygen atoms in total. The summed E-state index contributed by atoms with van der Waals surface area (Å²) in [5.41, 5.74) is 1.76. The molecule has 2 aromatic carbocycles. The number of aromatic amines is 1. The molecule has 0 amide bonds. The van der Waals surface area contributed by atoms with Crippen LogP contribution in [0.4, 0.5) is 26.3 Å². The van der Waals surface area contributed by atoms with E-state index in [2.05, 4.69) is 45.7 Å². The van der Waals surface area contributed by atoms with Gasteiger partial charge in [-0.25, -0.2) is 14.6 Å². The summed E-state index contributed by atoms with van der Waals surface area (Å²) in [5.74, 6) is -0.202. The molecule has 22 heteroatoms. The average molecular weight is 988 g/mol. The summed E-state index contributed by atoms with van der Waals surface area (Å²) in [6.07, 6.45) is -10.3. The van der Waals surface area contributed by atoms with Gasteiger partial charge in [0.05, 0.1) is 64.3 Å². The quantitative estimate of drug-likeness (QED) is 0.0928. The van der Waals surface area contributed by atoms with Crippen molar-refractivity contribution in [3.63, 3.8) is 0 Å². The molecule has 0 radical (unpaired) electrons. The molecule has 0 saturated heterocycles. The van der Waals surface area contributed by atoms with Gasteiger partial charge >= 0.3 is 12.4 Å². The van der Waals surface area contributed by atoms with E-state index < -0.39 is 36.4 Å². The third kappa shape index (κ3) is 9.47. The van der Waals surface area contributed by atoms with Crippen LogP contribution in [-0.4, -0.2) is 80.0 Å². The van der Waals surface area contributed by atoms with Gasteiger partial charge in [-0.3, -0.25) is 15.1 Å². The molecule has 0 saturated carbocycles.